The quantitative estimate of drug-likeness (QED) is 0.0454. The zero-order valence-electron chi connectivity index (χ0n) is 36.7. The number of hydrogen-bond acceptors (Lipinski definition) is 13. The van der Waals surface area contributed by atoms with Gasteiger partial charge in [-0.25, -0.2) is 18.1 Å². The maximum absolute atomic E-state index is 13.1. The summed E-state index contributed by atoms with van der Waals surface area (Å²) in [5, 5.41) is 14.8. The minimum atomic E-state index is -3.71. The van der Waals surface area contributed by atoms with Gasteiger partial charge in [0.15, 0.2) is 0 Å². The van der Waals surface area contributed by atoms with Gasteiger partial charge in [-0.3, -0.25) is 24.5 Å². The van der Waals surface area contributed by atoms with Crippen LogP contribution in [-0.4, -0.2) is 78.2 Å². The van der Waals surface area contributed by atoms with E-state index in [1.807, 2.05) is 55.5 Å². The molecule has 0 saturated carbocycles. The van der Waals surface area contributed by atoms with E-state index in [-0.39, 0.29) is 48.7 Å². The highest BCUT2D eigenvalue weighted by Gasteiger charge is 2.40. The number of sulfonamides is 1. The fourth-order valence-corrected chi connectivity index (χ4v) is 8.66. The second kappa shape index (κ2) is 20.3. The number of fused-ring (bicyclic) bond motifs is 1. The van der Waals surface area contributed by atoms with E-state index >= 15 is 0 Å². The van der Waals surface area contributed by atoms with Gasteiger partial charge in [-0.05, 0) is 113 Å². The lowest BCUT2D eigenvalue weighted by atomic mass is 10.0. The van der Waals surface area contributed by atoms with Crippen LogP contribution >= 0.6 is 0 Å². The van der Waals surface area contributed by atoms with E-state index < -0.39 is 27.5 Å². The van der Waals surface area contributed by atoms with Gasteiger partial charge in [0.25, 0.3) is 5.91 Å². The summed E-state index contributed by atoms with van der Waals surface area (Å²) < 4.78 is 40.4. The maximum Gasteiger partial charge on any atom is 0.255 e. The molecule has 17 nitrogen and oxygen atoms in total. The normalized spacial score (nSPS) is 15.0. The molecule has 18 heteroatoms. The molecule has 7 rings (SSSR count). The minimum absolute atomic E-state index is 0.130. The first kappa shape index (κ1) is 46.1. The molecule has 340 valence electrons. The minimum Gasteiger partial charge on any atom is -0.494 e. The summed E-state index contributed by atoms with van der Waals surface area (Å²) in [6, 6.07) is 26.2. The number of carbonyl (C=O) groups excluding carboxylic acids is 4. The molecule has 1 aromatic heterocycles. The molecule has 0 aliphatic carbocycles. The average Bonchev–Trinajstić information content (AvgIpc) is 3.60. The number of benzene rings is 4. The Hall–Kier alpha value is -6.89. The van der Waals surface area contributed by atoms with Crippen LogP contribution in [0.15, 0.2) is 102 Å². The number of nitrogens with one attached hydrogen (secondary N) is 6. The van der Waals surface area contributed by atoms with Gasteiger partial charge in [-0.1, -0.05) is 36.4 Å². The summed E-state index contributed by atoms with van der Waals surface area (Å²) in [4.78, 5) is 60.3. The average molecular weight is 904 g/mol. The van der Waals surface area contributed by atoms with Crippen molar-refractivity contribution >= 4 is 56.8 Å². The Morgan fingerprint density at radius 2 is 1.66 bits per heavy atom. The predicted molar refractivity (Wildman–Crippen MR) is 244 cm³/mol. The van der Waals surface area contributed by atoms with Gasteiger partial charge in [-0.15, -0.1) is 0 Å². The van der Waals surface area contributed by atoms with Crippen molar-refractivity contribution in [3.05, 3.63) is 125 Å². The van der Waals surface area contributed by atoms with Crippen molar-refractivity contribution in [1.29, 1.82) is 0 Å². The van der Waals surface area contributed by atoms with Gasteiger partial charge in [0.1, 0.15) is 30.0 Å². The standard InChI is InChI=1S/C47H53N9O8S/c1-30-25-50-46(54-43(30)51-34-8-5-9-36(24-34)65(61,62)55-47(2,3)4)52-33-16-18-35(19-17-33)63-23-7-22-48-27-42(58)49-26-31-12-14-32(15-13-31)29-64-40-11-6-10-37-38(40)28-56(45(37)60)39-20-21-41(57)53-44(39)59/h5-6,8-19,24-25,39,48,55H,7,20-23,26-29H2,1-4H3,(H,49,58)(H,53,57,59)(H2,50,51,52,54)/t39-/m0/s1. The topological polar surface area (TPSA) is 222 Å². The van der Waals surface area contributed by atoms with Crippen molar-refractivity contribution in [3.63, 3.8) is 0 Å². The third-order valence-corrected chi connectivity index (χ3v) is 12.2. The van der Waals surface area contributed by atoms with Gasteiger partial charge in [0, 0.05) is 52.8 Å². The van der Waals surface area contributed by atoms with Gasteiger partial charge in [0.2, 0.25) is 33.7 Å². The van der Waals surface area contributed by atoms with E-state index in [4.69, 9.17) is 9.47 Å². The lowest BCUT2D eigenvalue weighted by Gasteiger charge is -2.29. The number of nitrogens with zero attached hydrogens (tertiary/aromatic N) is 3. The first-order valence-electron chi connectivity index (χ1n) is 21.3. The van der Waals surface area contributed by atoms with E-state index in [0.717, 1.165) is 27.9 Å². The van der Waals surface area contributed by atoms with E-state index in [0.29, 0.717) is 67.1 Å². The molecule has 3 heterocycles. The molecule has 0 spiro atoms. The summed E-state index contributed by atoms with van der Waals surface area (Å²) in [6.07, 6.45) is 2.85. The number of imide groups is 1. The molecule has 0 radical (unpaired) electrons. The molecule has 1 atom stereocenters. The van der Waals surface area contributed by atoms with E-state index in [9.17, 15) is 27.6 Å². The molecule has 4 amide bonds. The number of hydrogen-bond donors (Lipinski definition) is 6. The highest BCUT2D eigenvalue weighted by Crippen LogP contribution is 2.34. The first-order chi connectivity index (χ1) is 31.1. The van der Waals surface area contributed by atoms with Crippen molar-refractivity contribution in [2.45, 2.75) is 83.1 Å². The second-order valence-electron chi connectivity index (χ2n) is 16.8. The number of ether oxygens (including phenoxy) is 2. The third kappa shape index (κ3) is 12.4. The Labute approximate surface area is 378 Å². The Bertz CT molecular complexity index is 2650. The predicted octanol–water partition coefficient (Wildman–Crippen LogP) is 5.36. The summed E-state index contributed by atoms with van der Waals surface area (Å²) in [6.45, 7) is 9.30. The van der Waals surface area contributed by atoms with Crippen LogP contribution in [0.25, 0.3) is 0 Å². The van der Waals surface area contributed by atoms with Crippen molar-refractivity contribution < 1.29 is 37.1 Å². The van der Waals surface area contributed by atoms with Crippen LogP contribution in [0.4, 0.5) is 23.1 Å². The fraction of sp³-hybridized carbons (Fsp3) is 0.319. The number of amides is 4. The number of aryl methyl sites for hydroxylation is 1. The summed E-state index contributed by atoms with van der Waals surface area (Å²) in [7, 11) is -3.71. The van der Waals surface area contributed by atoms with Gasteiger partial charge in [0.05, 0.1) is 24.6 Å². The molecule has 65 heavy (non-hydrogen) atoms. The highest BCUT2D eigenvalue weighted by molar-refractivity contribution is 7.89. The summed E-state index contributed by atoms with van der Waals surface area (Å²) in [5.74, 6) is 0.975. The van der Waals surface area contributed by atoms with Crippen molar-refractivity contribution in [3.8, 4) is 11.5 Å². The van der Waals surface area contributed by atoms with Crippen LogP contribution in [0.3, 0.4) is 0 Å². The molecular weight excluding hydrogens is 851 g/mol. The second-order valence-corrected chi connectivity index (χ2v) is 18.5. The molecule has 5 aromatic rings. The molecule has 6 N–H and O–H groups in total. The van der Waals surface area contributed by atoms with E-state index in [2.05, 4.69) is 41.3 Å². The van der Waals surface area contributed by atoms with E-state index in [1.54, 1.807) is 69.4 Å². The van der Waals surface area contributed by atoms with Crippen LogP contribution in [0.1, 0.15) is 72.6 Å². The lowest BCUT2D eigenvalue weighted by Crippen LogP contribution is -2.52. The number of piperidine rings is 1. The number of carbonyl (C=O) groups is 4. The lowest BCUT2D eigenvalue weighted by molar-refractivity contribution is -0.137. The zero-order valence-corrected chi connectivity index (χ0v) is 37.5. The monoisotopic (exact) mass is 903 g/mol. The molecule has 1 fully saturated rings. The largest absolute Gasteiger partial charge is 0.494 e. The Morgan fingerprint density at radius 1 is 0.908 bits per heavy atom. The molecule has 0 unspecified atom stereocenters. The van der Waals surface area contributed by atoms with Crippen LogP contribution < -0.4 is 40.8 Å². The van der Waals surface area contributed by atoms with Gasteiger partial charge in [-0.2, -0.15) is 4.98 Å². The first-order valence-corrected chi connectivity index (χ1v) is 22.8. The molecular formula is C47H53N9O8S. The summed E-state index contributed by atoms with van der Waals surface area (Å²) in [5.41, 5.74) is 4.52. The highest BCUT2D eigenvalue weighted by atomic mass is 32.2. The van der Waals surface area contributed by atoms with E-state index in [1.165, 1.54) is 4.90 Å². The van der Waals surface area contributed by atoms with Crippen LogP contribution in [0, 0.1) is 6.92 Å². The smallest absolute Gasteiger partial charge is 0.255 e. The van der Waals surface area contributed by atoms with Crippen LogP contribution in [0.2, 0.25) is 0 Å². The zero-order chi connectivity index (χ0) is 46.1. The number of aromatic nitrogens is 2. The molecule has 4 aromatic carbocycles. The molecule has 0 bridgehead atoms. The van der Waals surface area contributed by atoms with Crippen molar-refractivity contribution in [2.75, 3.05) is 30.3 Å². The fourth-order valence-electron chi connectivity index (χ4n) is 7.19. The Kier molecular flexibility index (Phi) is 14.4. The Balaban J connectivity index is 0.780. The van der Waals surface area contributed by atoms with Crippen molar-refractivity contribution in [2.24, 2.45) is 0 Å². The molecule has 2 aliphatic heterocycles. The molecule has 2 aliphatic rings. The third-order valence-electron chi connectivity index (χ3n) is 10.4. The van der Waals surface area contributed by atoms with Gasteiger partial charge < -0.3 is 35.6 Å². The Morgan fingerprint density at radius 3 is 2.42 bits per heavy atom. The van der Waals surface area contributed by atoms with Crippen LogP contribution in [0.5, 0.6) is 11.5 Å². The van der Waals surface area contributed by atoms with Gasteiger partial charge >= 0.3 is 0 Å². The number of anilines is 4. The molecule has 1 saturated heterocycles. The van der Waals surface area contributed by atoms with Crippen LogP contribution in [-0.2, 0) is 44.1 Å². The summed E-state index contributed by atoms with van der Waals surface area (Å²) >= 11 is 0. The number of rotatable bonds is 19. The maximum atomic E-state index is 13.1. The SMILES string of the molecule is Cc1cnc(Nc2ccc(OCCCNCC(=O)NCc3ccc(COc4cccc5c4CN([C@H]4CCC(=O)NC4=O)C5=O)cc3)cc2)nc1Nc1cccc(S(=O)(=O)NC(C)(C)C)c1. The van der Waals surface area contributed by atoms with Crippen molar-refractivity contribution in [1.82, 2.24) is 35.5 Å².